The summed E-state index contributed by atoms with van der Waals surface area (Å²) in [6.07, 6.45) is 4.40. The van der Waals surface area contributed by atoms with Gasteiger partial charge in [0.05, 0.1) is 33.3 Å². The van der Waals surface area contributed by atoms with Gasteiger partial charge in [0.2, 0.25) is 6.33 Å². The number of hydrogen-bond donors (Lipinski definition) is 0. The quantitative estimate of drug-likeness (QED) is 0.0948. The summed E-state index contributed by atoms with van der Waals surface area (Å²) in [6, 6.07) is 37.7. The minimum atomic E-state index is -2.37. The van der Waals surface area contributed by atoms with Gasteiger partial charge in [-0.3, -0.25) is 0 Å². The summed E-state index contributed by atoms with van der Waals surface area (Å²) in [5, 5.41) is 13.0. The smallest absolute Gasteiger partial charge is 0.499 e. The molecule has 0 aliphatic rings. The SMILES string of the molecule is [2H]C([2H])([2H])[n+]1[c-]n(-c2[c-]cccc2)c2ccccc21.[2H]C([2H])([2H])c1cnc(-c2[c-]cc([Si](C)(C)C)c3c2oc2c(C#N)cccc23)cc1-c1c(C(C)C)cc(C(C)(C)C)cc1C(C)C.[Ir+3]. The number of nitrogens with zero attached hydrogens (tertiary/aromatic N) is 4. The molecule has 5 aromatic carbocycles. The monoisotopic (exact) mass is 977 g/mol. The fourth-order valence-electron chi connectivity index (χ4n) is 7.61. The zero-order valence-corrected chi connectivity index (χ0v) is 38.8. The summed E-state index contributed by atoms with van der Waals surface area (Å²) in [6.45, 7) is 17.5. The second-order valence-corrected chi connectivity index (χ2v) is 22.7. The summed E-state index contributed by atoms with van der Waals surface area (Å²) >= 11 is 0. The molecule has 59 heavy (non-hydrogen) atoms. The van der Waals surface area contributed by atoms with Crippen LogP contribution in [-0.4, -0.2) is 17.6 Å². The molecule has 3 aromatic heterocycles. The molecule has 0 spiro atoms. The second-order valence-electron chi connectivity index (χ2n) is 17.6. The average molecular weight is 977 g/mol. The van der Waals surface area contributed by atoms with Gasteiger partial charge in [0.1, 0.15) is 11.7 Å². The zero-order chi connectivity index (χ0) is 46.7. The normalized spacial score (nSPS) is 13.8. The first-order chi connectivity index (χ1) is 29.9. The first-order valence-electron chi connectivity index (χ1n) is 22.8. The van der Waals surface area contributed by atoms with Crippen LogP contribution in [0.4, 0.5) is 0 Å². The first kappa shape index (κ1) is 35.8. The number of aromatic nitrogens is 3. The molecule has 3 heterocycles. The average Bonchev–Trinajstić information content (AvgIpc) is 3.82. The van der Waals surface area contributed by atoms with Crippen LogP contribution in [-0.2, 0) is 32.5 Å². The van der Waals surface area contributed by atoms with E-state index in [0.717, 1.165) is 38.7 Å². The molecule has 0 bridgehead atoms. The van der Waals surface area contributed by atoms with Crippen molar-refractivity contribution in [1.29, 1.82) is 5.26 Å². The van der Waals surface area contributed by atoms with Crippen molar-refractivity contribution in [3.63, 3.8) is 0 Å². The third kappa shape index (κ3) is 8.37. The molecule has 300 valence electrons. The van der Waals surface area contributed by atoms with Crippen LogP contribution in [0.1, 0.15) is 96.3 Å². The van der Waals surface area contributed by atoms with E-state index in [0.29, 0.717) is 39.1 Å². The molecule has 0 unspecified atom stereocenters. The molecule has 5 nitrogen and oxygen atoms in total. The van der Waals surface area contributed by atoms with Crippen molar-refractivity contribution in [1.82, 2.24) is 9.55 Å². The van der Waals surface area contributed by atoms with E-state index in [1.807, 2.05) is 60.7 Å². The Hall–Kier alpha value is -5.12. The van der Waals surface area contributed by atoms with Crippen molar-refractivity contribution in [2.45, 2.75) is 92.2 Å². The molecular weight excluding hydrogens is 917 g/mol. The Labute approximate surface area is 373 Å². The standard InChI is InChI=1S/C38H43N2OSi.C14H11N2.Ir/c1-22(2)29-17-26(38(6,7)8)18-30(23(3)4)34(29)31-19-32(40-21-24(31)5)27-15-16-33(42(9,10)11)35-28-14-12-13-25(20-39)36(28)41-37(27)35;1-15-11-16(12-7-3-2-4-8-12)14-10-6-5-9-13(14)15;/h12-14,16-19,21-23H,1-11H3;2-7,9-10H,1H3;/q2*-1;+3/i5D3;1D3;. The molecule has 0 radical (unpaired) electrons. The number of benzene rings is 5. The van der Waals surface area contributed by atoms with Gasteiger partial charge in [0, 0.05) is 23.8 Å². The summed E-state index contributed by atoms with van der Waals surface area (Å²) < 4.78 is 57.7. The van der Waals surface area contributed by atoms with Crippen LogP contribution < -0.4 is 9.75 Å². The molecule has 8 aromatic rings. The van der Waals surface area contributed by atoms with Gasteiger partial charge in [-0.2, -0.15) is 35.6 Å². The molecule has 0 saturated carbocycles. The summed E-state index contributed by atoms with van der Waals surface area (Å²) in [7, 11) is -1.86. The Morgan fingerprint density at radius 2 is 1.61 bits per heavy atom. The van der Waals surface area contributed by atoms with Crippen molar-refractivity contribution in [2.75, 3.05) is 0 Å². The van der Waals surface area contributed by atoms with Crippen LogP contribution >= 0.6 is 0 Å². The van der Waals surface area contributed by atoms with E-state index < -0.39 is 21.9 Å². The molecule has 7 heteroatoms. The molecule has 8 rings (SSSR count). The van der Waals surface area contributed by atoms with Crippen molar-refractivity contribution in [2.24, 2.45) is 6.98 Å². The second kappa shape index (κ2) is 16.9. The van der Waals surface area contributed by atoms with Crippen molar-refractivity contribution >= 4 is 46.2 Å². The number of aryl methyl sites for hydroxylation is 2. The number of pyridine rings is 1. The van der Waals surface area contributed by atoms with Crippen molar-refractivity contribution in [3.05, 3.63) is 143 Å². The third-order valence-corrected chi connectivity index (χ3v) is 12.7. The van der Waals surface area contributed by atoms with Gasteiger partial charge < -0.3 is 18.5 Å². The third-order valence-electron chi connectivity index (χ3n) is 10.7. The molecule has 0 atom stereocenters. The van der Waals surface area contributed by atoms with E-state index in [9.17, 15) is 5.26 Å². The van der Waals surface area contributed by atoms with Crippen LogP contribution in [0.15, 0.2) is 102 Å². The van der Waals surface area contributed by atoms with Crippen LogP contribution in [0, 0.1) is 36.6 Å². The maximum Gasteiger partial charge on any atom is 3.00 e. The number of para-hydroxylation sites is 4. The van der Waals surface area contributed by atoms with Crippen molar-refractivity contribution in [3.8, 4) is 34.1 Å². The maximum absolute atomic E-state index is 9.88. The van der Waals surface area contributed by atoms with Gasteiger partial charge >= 0.3 is 20.1 Å². The zero-order valence-electron chi connectivity index (χ0n) is 41.4. The molecular formula is C52H54IrN4OSi+. The Balaban J connectivity index is 0.000000291. The predicted octanol–water partition coefficient (Wildman–Crippen LogP) is 12.4. The predicted molar refractivity (Wildman–Crippen MR) is 243 cm³/mol. The number of rotatable bonds is 6. The number of hydrogen-bond acceptors (Lipinski definition) is 3. The summed E-state index contributed by atoms with van der Waals surface area (Å²) in [4.78, 5) is 4.76. The number of nitriles is 1. The van der Waals surface area contributed by atoms with Crippen LogP contribution in [0.3, 0.4) is 0 Å². The van der Waals surface area contributed by atoms with E-state index in [1.165, 1.54) is 21.5 Å². The minimum absolute atomic E-state index is 0. The van der Waals surface area contributed by atoms with Crippen LogP contribution in [0.25, 0.3) is 61.0 Å². The van der Waals surface area contributed by atoms with Gasteiger partial charge in [-0.05, 0) is 69.2 Å². The fraction of sp³-hybridized carbons (Fsp3) is 0.288. The number of fused-ring (bicyclic) bond motifs is 4. The number of imidazole rings is 1. The summed E-state index contributed by atoms with van der Waals surface area (Å²) in [5.41, 5.74) is 10.4. The van der Waals surface area contributed by atoms with Gasteiger partial charge in [0.15, 0.2) is 0 Å². The van der Waals surface area contributed by atoms with E-state index >= 15 is 0 Å². The number of furan rings is 1. The van der Waals surface area contributed by atoms with Gasteiger partial charge in [-0.1, -0.05) is 139 Å². The topological polar surface area (TPSA) is 58.6 Å². The van der Waals surface area contributed by atoms with Crippen LogP contribution in [0.2, 0.25) is 19.6 Å². The minimum Gasteiger partial charge on any atom is -0.499 e. The Morgan fingerprint density at radius 3 is 2.22 bits per heavy atom. The van der Waals surface area contributed by atoms with Crippen molar-refractivity contribution < 1.29 is 37.3 Å². The Bertz CT molecular complexity index is 3050. The fourth-order valence-corrected chi connectivity index (χ4v) is 9.12. The molecule has 0 fully saturated rings. The Morgan fingerprint density at radius 1 is 0.898 bits per heavy atom. The molecule has 0 aliphatic carbocycles. The van der Waals surface area contributed by atoms with Gasteiger partial charge in [0.25, 0.3) is 0 Å². The van der Waals surface area contributed by atoms with E-state index in [1.54, 1.807) is 22.8 Å². The summed E-state index contributed by atoms with van der Waals surface area (Å²) in [5.74, 6) is 0.324. The molecule has 0 saturated heterocycles. The maximum atomic E-state index is 9.88. The molecule has 0 amide bonds. The Kier molecular flexibility index (Phi) is 10.2. The van der Waals surface area contributed by atoms with E-state index in [4.69, 9.17) is 17.6 Å². The van der Waals surface area contributed by atoms with Gasteiger partial charge in [-0.25, -0.2) is 0 Å². The largest absolute Gasteiger partial charge is 3.00 e. The van der Waals surface area contributed by atoms with E-state index in [-0.39, 0.29) is 42.9 Å². The van der Waals surface area contributed by atoms with Crippen LogP contribution in [0.5, 0.6) is 0 Å². The molecule has 0 N–H and O–H groups in total. The molecule has 0 aliphatic heterocycles. The first-order valence-corrected chi connectivity index (χ1v) is 23.3. The van der Waals surface area contributed by atoms with Gasteiger partial charge in [-0.15, -0.1) is 17.3 Å². The van der Waals surface area contributed by atoms with E-state index in [2.05, 4.69) is 105 Å².